The topological polar surface area (TPSA) is 18.5 Å². The summed E-state index contributed by atoms with van der Waals surface area (Å²) in [4.78, 5) is 0. The van der Waals surface area contributed by atoms with Crippen molar-refractivity contribution in [1.29, 1.82) is 0 Å². The molecule has 5 aromatic carbocycles. The van der Waals surface area contributed by atoms with Crippen LogP contribution < -0.4 is 9.47 Å². The van der Waals surface area contributed by atoms with Gasteiger partial charge in [0.1, 0.15) is 11.5 Å². The maximum Gasteiger partial charge on any atom is 0.198 e. The molecule has 0 heterocycles. The molecule has 0 aliphatic rings. The first-order valence-corrected chi connectivity index (χ1v) is 10.9. The summed E-state index contributed by atoms with van der Waals surface area (Å²) in [6.45, 7) is 0. The summed E-state index contributed by atoms with van der Waals surface area (Å²) in [5.41, 5.74) is -1.78. The predicted molar refractivity (Wildman–Crippen MR) is 125 cm³/mol. The van der Waals surface area contributed by atoms with E-state index in [0.29, 0.717) is 0 Å². The molecule has 0 aliphatic carbocycles. The van der Waals surface area contributed by atoms with E-state index in [9.17, 15) is 17.6 Å². The first-order valence-electron chi connectivity index (χ1n) is 10.9. The van der Waals surface area contributed by atoms with Crippen molar-refractivity contribution in [2.75, 3.05) is 14.2 Å². The minimum Gasteiger partial charge on any atom is -0.497 e. The molecule has 38 heavy (non-hydrogen) atoms. The van der Waals surface area contributed by atoms with Crippen molar-refractivity contribution in [3.63, 3.8) is 0 Å². The highest BCUT2D eigenvalue weighted by molar-refractivity contribution is 6.22. The Morgan fingerprint density at radius 2 is 0.605 bits per heavy atom. The standard InChI is InChI=1S/C28H14F8O2/c1-37-13-7-3-11(4-8-13)15-17-19(23(31)27(35)25(33)21(17)29)16(12-5-9-14(38-2)10-6-12)20-18(15)22(30)26(34)28(36)24(20)32/h3-10H,1-2H3. The highest BCUT2D eigenvalue weighted by Gasteiger charge is 2.33. The molecule has 0 N–H and O–H groups in total. The molecular formula is C28H14F8O2. The Morgan fingerprint density at radius 3 is 0.816 bits per heavy atom. The largest absolute Gasteiger partial charge is 0.497 e. The third-order valence-electron chi connectivity index (χ3n) is 6.29. The van der Waals surface area contributed by atoms with E-state index in [4.69, 9.17) is 9.47 Å². The number of rotatable bonds is 4. The number of methoxy groups -OCH3 is 2. The fourth-order valence-electron chi connectivity index (χ4n) is 4.55. The van der Waals surface area contributed by atoms with Crippen LogP contribution in [0.15, 0.2) is 48.5 Å². The maximum absolute atomic E-state index is 15.5. The van der Waals surface area contributed by atoms with E-state index in [0.717, 1.165) is 0 Å². The van der Waals surface area contributed by atoms with Gasteiger partial charge in [-0.3, -0.25) is 0 Å². The second kappa shape index (κ2) is 9.20. The molecule has 0 aliphatic heterocycles. The molecule has 10 heteroatoms. The molecule has 5 rings (SSSR count). The molecule has 0 aromatic heterocycles. The van der Waals surface area contributed by atoms with Crippen LogP contribution in [0.2, 0.25) is 0 Å². The Balaban J connectivity index is 2.16. The van der Waals surface area contributed by atoms with Gasteiger partial charge in [0.2, 0.25) is 0 Å². The molecule has 0 saturated carbocycles. The van der Waals surface area contributed by atoms with Crippen molar-refractivity contribution in [2.45, 2.75) is 0 Å². The van der Waals surface area contributed by atoms with E-state index in [1.807, 2.05) is 0 Å². The van der Waals surface area contributed by atoms with Crippen LogP contribution >= 0.6 is 0 Å². The second-order valence-electron chi connectivity index (χ2n) is 8.22. The molecule has 0 bridgehead atoms. The highest BCUT2D eigenvalue weighted by Crippen LogP contribution is 2.49. The fraction of sp³-hybridized carbons (Fsp3) is 0.0714. The van der Waals surface area contributed by atoms with Gasteiger partial charge in [0.05, 0.1) is 14.2 Å². The molecule has 0 spiro atoms. The number of hydrogen-bond acceptors (Lipinski definition) is 2. The van der Waals surface area contributed by atoms with Gasteiger partial charge in [-0.25, -0.2) is 35.1 Å². The monoisotopic (exact) mass is 534 g/mol. The van der Waals surface area contributed by atoms with Crippen LogP contribution in [0.4, 0.5) is 35.1 Å². The Morgan fingerprint density at radius 1 is 0.368 bits per heavy atom. The first-order chi connectivity index (χ1) is 18.1. The number of halogens is 8. The van der Waals surface area contributed by atoms with Crippen LogP contribution in [0.3, 0.4) is 0 Å². The third-order valence-corrected chi connectivity index (χ3v) is 6.29. The van der Waals surface area contributed by atoms with Gasteiger partial charge in [0, 0.05) is 32.7 Å². The van der Waals surface area contributed by atoms with Crippen LogP contribution in [-0.2, 0) is 0 Å². The van der Waals surface area contributed by atoms with Gasteiger partial charge in [0.25, 0.3) is 0 Å². The summed E-state index contributed by atoms with van der Waals surface area (Å²) in [5.74, 6) is -16.1. The van der Waals surface area contributed by atoms with Gasteiger partial charge < -0.3 is 9.47 Å². The molecule has 194 valence electrons. The van der Waals surface area contributed by atoms with Gasteiger partial charge in [-0.05, 0) is 35.4 Å². The summed E-state index contributed by atoms with van der Waals surface area (Å²) in [5, 5.41) is -4.02. The second-order valence-corrected chi connectivity index (χ2v) is 8.22. The van der Waals surface area contributed by atoms with Crippen LogP contribution in [-0.4, -0.2) is 14.2 Å². The minimum absolute atomic E-state index is 0.171. The molecule has 0 atom stereocenters. The number of benzene rings is 5. The van der Waals surface area contributed by atoms with E-state index in [1.54, 1.807) is 0 Å². The lowest BCUT2D eigenvalue weighted by Crippen LogP contribution is -2.06. The van der Waals surface area contributed by atoms with Gasteiger partial charge >= 0.3 is 0 Å². The van der Waals surface area contributed by atoms with Gasteiger partial charge in [-0.1, -0.05) is 24.3 Å². The van der Waals surface area contributed by atoms with Crippen molar-refractivity contribution in [2.24, 2.45) is 0 Å². The maximum atomic E-state index is 15.5. The van der Waals surface area contributed by atoms with Crippen molar-refractivity contribution in [3.8, 4) is 33.8 Å². The predicted octanol–water partition coefficient (Wildman–Crippen LogP) is 8.46. The third kappa shape index (κ3) is 3.54. The molecule has 0 saturated heterocycles. The number of fused-ring (bicyclic) bond motifs is 2. The van der Waals surface area contributed by atoms with Crippen LogP contribution in [0.5, 0.6) is 11.5 Å². The SMILES string of the molecule is COc1ccc(-c2c3c(F)c(F)c(F)c(F)c3c(-c3ccc(OC)cc3)c3c(F)c(F)c(F)c(F)c23)cc1. The summed E-state index contributed by atoms with van der Waals surface area (Å²) < 4.78 is 130. The van der Waals surface area contributed by atoms with E-state index >= 15 is 17.6 Å². The lowest BCUT2D eigenvalue weighted by Gasteiger charge is -2.21. The van der Waals surface area contributed by atoms with E-state index in [1.165, 1.54) is 62.8 Å². The average molecular weight is 534 g/mol. The number of ether oxygens (including phenoxy) is 2. The molecule has 0 radical (unpaired) electrons. The van der Waals surface area contributed by atoms with E-state index in [-0.39, 0.29) is 22.6 Å². The van der Waals surface area contributed by atoms with E-state index in [2.05, 4.69) is 0 Å². The summed E-state index contributed by atoms with van der Waals surface area (Å²) in [6.07, 6.45) is 0. The van der Waals surface area contributed by atoms with Gasteiger partial charge in [0.15, 0.2) is 46.5 Å². The zero-order valence-corrected chi connectivity index (χ0v) is 19.5. The summed E-state index contributed by atoms with van der Waals surface area (Å²) in [6, 6.07) is 10.1. The lowest BCUT2D eigenvalue weighted by atomic mass is 9.84. The van der Waals surface area contributed by atoms with Crippen LogP contribution in [0, 0.1) is 46.5 Å². The summed E-state index contributed by atoms with van der Waals surface area (Å²) in [7, 11) is 2.65. The average Bonchev–Trinajstić information content (AvgIpc) is 2.95. The van der Waals surface area contributed by atoms with Crippen molar-refractivity contribution < 1.29 is 44.6 Å². The Kier molecular flexibility index (Phi) is 6.13. The molecule has 0 fully saturated rings. The lowest BCUT2D eigenvalue weighted by molar-refractivity contribution is 0.414. The fourth-order valence-corrected chi connectivity index (χ4v) is 4.55. The smallest absolute Gasteiger partial charge is 0.198 e. The quantitative estimate of drug-likeness (QED) is 0.0997. The first kappa shape index (κ1) is 25.3. The zero-order valence-electron chi connectivity index (χ0n) is 19.5. The Hall–Kier alpha value is -4.34. The molecule has 0 unspecified atom stereocenters. The molecule has 2 nitrogen and oxygen atoms in total. The number of hydrogen-bond donors (Lipinski definition) is 0. The minimum atomic E-state index is -2.23. The van der Waals surface area contributed by atoms with E-state index < -0.39 is 79.2 Å². The van der Waals surface area contributed by atoms with Crippen molar-refractivity contribution in [1.82, 2.24) is 0 Å². The normalized spacial score (nSPS) is 11.4. The van der Waals surface area contributed by atoms with Crippen LogP contribution in [0.25, 0.3) is 43.8 Å². The molecule has 5 aromatic rings. The Bertz CT molecular complexity index is 1540. The molecular weight excluding hydrogens is 520 g/mol. The van der Waals surface area contributed by atoms with Crippen LogP contribution in [0.1, 0.15) is 0 Å². The summed E-state index contributed by atoms with van der Waals surface area (Å²) >= 11 is 0. The van der Waals surface area contributed by atoms with Crippen molar-refractivity contribution in [3.05, 3.63) is 95.1 Å². The highest BCUT2D eigenvalue weighted by atomic mass is 19.2. The Labute approximate surface area is 209 Å². The van der Waals surface area contributed by atoms with Crippen molar-refractivity contribution >= 4 is 21.5 Å². The zero-order chi connectivity index (χ0) is 27.5. The van der Waals surface area contributed by atoms with Gasteiger partial charge in [-0.2, -0.15) is 0 Å². The van der Waals surface area contributed by atoms with Gasteiger partial charge in [-0.15, -0.1) is 0 Å². The molecule has 0 amide bonds.